The standard InChI is InChI=1S/C17H22N6O3/c1-11-9-14(16(18)22-24)20-21-17(11)23-7-5-12(6-8-23)26-13-3-4-15(25-2)19-10-13/h3-4,9-10,12,24H,5-8H2,1-2H3,(H2,18,22). The third-order valence-corrected chi connectivity index (χ3v) is 4.29. The van der Waals surface area contributed by atoms with Crippen LogP contribution in [0.1, 0.15) is 24.1 Å². The minimum atomic E-state index is -0.0487. The number of nitrogens with two attached hydrogens (primary N) is 1. The third-order valence-electron chi connectivity index (χ3n) is 4.29. The van der Waals surface area contributed by atoms with E-state index in [0.29, 0.717) is 11.6 Å². The third kappa shape index (κ3) is 3.93. The Morgan fingerprint density at radius 1 is 1.31 bits per heavy atom. The molecule has 0 radical (unpaired) electrons. The highest BCUT2D eigenvalue weighted by Crippen LogP contribution is 2.24. The average Bonchev–Trinajstić information content (AvgIpc) is 2.68. The molecular weight excluding hydrogens is 336 g/mol. The van der Waals surface area contributed by atoms with Crippen molar-refractivity contribution in [2.24, 2.45) is 10.9 Å². The summed E-state index contributed by atoms with van der Waals surface area (Å²) in [4.78, 5) is 6.32. The van der Waals surface area contributed by atoms with Crippen molar-refractivity contribution in [1.82, 2.24) is 15.2 Å². The number of piperidine rings is 1. The lowest BCUT2D eigenvalue weighted by Crippen LogP contribution is -2.39. The van der Waals surface area contributed by atoms with Crippen molar-refractivity contribution in [3.05, 3.63) is 35.7 Å². The predicted octanol–water partition coefficient (Wildman–Crippen LogP) is 1.33. The normalized spacial score (nSPS) is 15.8. The van der Waals surface area contributed by atoms with Gasteiger partial charge in [-0.2, -0.15) is 0 Å². The zero-order chi connectivity index (χ0) is 18.5. The predicted molar refractivity (Wildman–Crippen MR) is 95.9 cm³/mol. The van der Waals surface area contributed by atoms with E-state index in [1.165, 1.54) is 0 Å². The van der Waals surface area contributed by atoms with Crippen molar-refractivity contribution in [2.75, 3.05) is 25.1 Å². The van der Waals surface area contributed by atoms with Crippen molar-refractivity contribution in [3.63, 3.8) is 0 Å². The van der Waals surface area contributed by atoms with Gasteiger partial charge in [-0.05, 0) is 24.6 Å². The van der Waals surface area contributed by atoms with Gasteiger partial charge in [0.2, 0.25) is 5.88 Å². The van der Waals surface area contributed by atoms with Crippen LogP contribution in [0.2, 0.25) is 0 Å². The number of anilines is 1. The van der Waals surface area contributed by atoms with Gasteiger partial charge in [-0.25, -0.2) is 4.98 Å². The van der Waals surface area contributed by atoms with Gasteiger partial charge < -0.3 is 25.3 Å². The van der Waals surface area contributed by atoms with Crippen LogP contribution in [0.5, 0.6) is 11.6 Å². The number of hydrogen-bond donors (Lipinski definition) is 2. The Hall–Kier alpha value is -3.10. The van der Waals surface area contributed by atoms with Crippen molar-refractivity contribution in [2.45, 2.75) is 25.9 Å². The summed E-state index contributed by atoms with van der Waals surface area (Å²) in [5, 5.41) is 20.0. The van der Waals surface area contributed by atoms with Crippen molar-refractivity contribution in [1.29, 1.82) is 0 Å². The fraction of sp³-hybridized carbons (Fsp3) is 0.412. The summed E-state index contributed by atoms with van der Waals surface area (Å²) >= 11 is 0. The molecule has 3 heterocycles. The molecule has 0 unspecified atom stereocenters. The van der Waals surface area contributed by atoms with Crippen LogP contribution in [-0.2, 0) is 0 Å². The van der Waals surface area contributed by atoms with Gasteiger partial charge in [0.05, 0.1) is 13.3 Å². The topological polar surface area (TPSA) is 119 Å². The second-order valence-corrected chi connectivity index (χ2v) is 6.06. The number of rotatable bonds is 5. The molecule has 138 valence electrons. The number of pyridine rings is 1. The van der Waals surface area contributed by atoms with E-state index < -0.39 is 0 Å². The zero-order valence-corrected chi connectivity index (χ0v) is 14.8. The number of ether oxygens (including phenoxy) is 2. The molecule has 3 rings (SSSR count). The quantitative estimate of drug-likeness (QED) is 0.356. The summed E-state index contributed by atoms with van der Waals surface area (Å²) in [6.07, 6.45) is 3.54. The molecule has 9 heteroatoms. The van der Waals surface area contributed by atoms with Crippen molar-refractivity contribution < 1.29 is 14.7 Å². The van der Waals surface area contributed by atoms with Gasteiger partial charge in [-0.3, -0.25) is 0 Å². The van der Waals surface area contributed by atoms with E-state index in [2.05, 4.69) is 25.2 Å². The fourth-order valence-corrected chi connectivity index (χ4v) is 2.90. The molecule has 1 fully saturated rings. The maximum absolute atomic E-state index is 8.74. The number of amidine groups is 1. The monoisotopic (exact) mass is 358 g/mol. The molecule has 9 nitrogen and oxygen atoms in total. The molecule has 2 aromatic heterocycles. The summed E-state index contributed by atoms with van der Waals surface area (Å²) in [5.41, 5.74) is 6.85. The molecule has 3 N–H and O–H groups in total. The van der Waals surface area contributed by atoms with Gasteiger partial charge >= 0.3 is 0 Å². The summed E-state index contributed by atoms with van der Waals surface area (Å²) < 4.78 is 11.0. The fourth-order valence-electron chi connectivity index (χ4n) is 2.90. The molecule has 0 bridgehead atoms. The first kappa shape index (κ1) is 17.7. The van der Waals surface area contributed by atoms with Gasteiger partial charge in [0, 0.05) is 32.0 Å². The second-order valence-electron chi connectivity index (χ2n) is 6.06. The maximum Gasteiger partial charge on any atom is 0.213 e. The Bertz CT molecular complexity index is 773. The van der Waals surface area contributed by atoms with E-state index in [0.717, 1.165) is 43.1 Å². The highest BCUT2D eigenvalue weighted by molar-refractivity contribution is 5.95. The smallest absolute Gasteiger partial charge is 0.213 e. The lowest BCUT2D eigenvalue weighted by atomic mass is 10.1. The Balaban J connectivity index is 1.59. The van der Waals surface area contributed by atoms with Crippen LogP contribution in [0.15, 0.2) is 29.6 Å². The highest BCUT2D eigenvalue weighted by Gasteiger charge is 2.23. The van der Waals surface area contributed by atoms with Crippen LogP contribution in [0.25, 0.3) is 0 Å². The number of hydrogen-bond acceptors (Lipinski definition) is 8. The molecule has 0 aliphatic carbocycles. The number of aromatic nitrogens is 3. The molecule has 0 aromatic carbocycles. The largest absolute Gasteiger partial charge is 0.489 e. The van der Waals surface area contributed by atoms with Crippen LogP contribution in [-0.4, -0.2) is 52.5 Å². The van der Waals surface area contributed by atoms with Gasteiger partial charge in [-0.15, -0.1) is 10.2 Å². The molecule has 26 heavy (non-hydrogen) atoms. The summed E-state index contributed by atoms with van der Waals surface area (Å²) in [7, 11) is 1.58. The molecular formula is C17H22N6O3. The van der Waals surface area contributed by atoms with Crippen LogP contribution < -0.4 is 20.1 Å². The van der Waals surface area contributed by atoms with Gasteiger partial charge in [0.1, 0.15) is 17.5 Å². The Morgan fingerprint density at radius 2 is 2.08 bits per heavy atom. The first-order valence-corrected chi connectivity index (χ1v) is 8.34. The van der Waals surface area contributed by atoms with Gasteiger partial charge in [0.15, 0.2) is 11.7 Å². The van der Waals surface area contributed by atoms with Gasteiger partial charge in [-0.1, -0.05) is 5.16 Å². The summed E-state index contributed by atoms with van der Waals surface area (Å²) in [5.74, 6) is 2.07. The molecule has 1 saturated heterocycles. The number of oxime groups is 1. The van der Waals surface area contributed by atoms with E-state index in [9.17, 15) is 0 Å². The SMILES string of the molecule is COc1ccc(OC2CCN(c3nnc(/C(N)=N/O)cc3C)CC2)cn1. The van der Waals surface area contributed by atoms with Crippen molar-refractivity contribution in [3.8, 4) is 11.6 Å². The minimum Gasteiger partial charge on any atom is -0.489 e. The Kier molecular flexibility index (Phi) is 5.35. The molecule has 0 saturated carbocycles. The van der Waals surface area contributed by atoms with Crippen LogP contribution >= 0.6 is 0 Å². The lowest BCUT2D eigenvalue weighted by molar-refractivity contribution is 0.169. The molecule has 0 spiro atoms. The number of methoxy groups -OCH3 is 1. The lowest BCUT2D eigenvalue weighted by Gasteiger charge is -2.33. The summed E-state index contributed by atoms with van der Waals surface area (Å²) in [6, 6.07) is 5.41. The number of nitrogens with zero attached hydrogens (tertiary/aromatic N) is 5. The molecule has 0 atom stereocenters. The first-order chi connectivity index (χ1) is 12.6. The Morgan fingerprint density at radius 3 is 2.65 bits per heavy atom. The van der Waals surface area contributed by atoms with Crippen LogP contribution in [0, 0.1) is 6.92 Å². The first-order valence-electron chi connectivity index (χ1n) is 8.34. The van der Waals surface area contributed by atoms with Crippen LogP contribution in [0.4, 0.5) is 5.82 Å². The molecule has 1 aliphatic heterocycles. The molecule has 1 aliphatic rings. The molecule has 2 aromatic rings. The number of aryl methyl sites for hydroxylation is 1. The maximum atomic E-state index is 8.74. The van der Waals surface area contributed by atoms with E-state index in [1.54, 1.807) is 25.4 Å². The second kappa shape index (κ2) is 7.85. The highest BCUT2D eigenvalue weighted by atomic mass is 16.5. The average molecular weight is 358 g/mol. The van der Waals surface area contributed by atoms with E-state index in [1.807, 2.05) is 13.0 Å². The zero-order valence-electron chi connectivity index (χ0n) is 14.8. The van der Waals surface area contributed by atoms with E-state index >= 15 is 0 Å². The van der Waals surface area contributed by atoms with E-state index in [-0.39, 0.29) is 11.9 Å². The minimum absolute atomic E-state index is 0.0487. The molecule has 0 amide bonds. The van der Waals surface area contributed by atoms with Crippen molar-refractivity contribution >= 4 is 11.7 Å². The Labute approximate surface area is 151 Å². The van der Waals surface area contributed by atoms with Gasteiger partial charge in [0.25, 0.3) is 0 Å². The van der Waals surface area contributed by atoms with Crippen LogP contribution in [0.3, 0.4) is 0 Å². The van der Waals surface area contributed by atoms with E-state index in [4.69, 9.17) is 20.4 Å². The summed E-state index contributed by atoms with van der Waals surface area (Å²) in [6.45, 7) is 3.56.